The molecule has 1 aromatic heterocycles. The molecule has 116 valence electrons. The Morgan fingerprint density at radius 2 is 1.87 bits per heavy atom. The Kier molecular flexibility index (Phi) is 4.34. The van der Waals surface area contributed by atoms with Crippen LogP contribution in [-0.4, -0.2) is 15.6 Å². The van der Waals surface area contributed by atoms with Gasteiger partial charge in [-0.15, -0.1) is 0 Å². The monoisotopic (exact) mass is 376 g/mol. The third-order valence-corrected chi connectivity index (χ3v) is 4.03. The zero-order valence-electron chi connectivity index (χ0n) is 11.8. The molecule has 0 aliphatic heterocycles. The van der Waals surface area contributed by atoms with Crippen LogP contribution in [0.25, 0.3) is 5.69 Å². The zero-order chi connectivity index (χ0) is 16.4. The molecule has 0 saturated heterocycles. The van der Waals surface area contributed by atoms with Crippen molar-refractivity contribution >= 4 is 21.7 Å². The number of hydrogen-bond acceptors (Lipinski definition) is 2. The largest absolute Gasteiger partial charge is 0.294 e. The van der Waals surface area contributed by atoms with Crippen molar-refractivity contribution in [3.05, 3.63) is 82.1 Å². The van der Waals surface area contributed by atoms with Crippen LogP contribution in [-0.2, 0) is 6.42 Å². The van der Waals surface area contributed by atoms with Crippen LogP contribution >= 0.6 is 15.9 Å². The second-order valence-corrected chi connectivity index (χ2v) is 5.76. The summed E-state index contributed by atoms with van der Waals surface area (Å²) in [6, 6.07) is 12.6. The summed E-state index contributed by atoms with van der Waals surface area (Å²) in [7, 11) is 0. The first-order chi connectivity index (χ1) is 11.1. The highest BCUT2D eigenvalue weighted by atomic mass is 79.9. The molecule has 0 N–H and O–H groups in total. The van der Waals surface area contributed by atoms with Crippen molar-refractivity contribution in [3.8, 4) is 5.69 Å². The Balaban J connectivity index is 1.84. The number of halogens is 3. The fraction of sp³-hybridized carbons (Fsp3) is 0.0588. The summed E-state index contributed by atoms with van der Waals surface area (Å²) >= 11 is 3.33. The lowest BCUT2D eigenvalue weighted by Crippen LogP contribution is -2.06. The molecule has 0 bridgehead atoms. The average Bonchev–Trinajstić information content (AvgIpc) is 2.98. The van der Waals surface area contributed by atoms with E-state index in [1.165, 1.54) is 23.0 Å². The highest BCUT2D eigenvalue weighted by Crippen LogP contribution is 2.19. The van der Waals surface area contributed by atoms with E-state index in [1.54, 1.807) is 24.3 Å². The minimum atomic E-state index is -0.973. The third-order valence-electron chi connectivity index (χ3n) is 3.34. The lowest BCUT2D eigenvalue weighted by Gasteiger charge is -2.04. The van der Waals surface area contributed by atoms with Crippen LogP contribution in [0.3, 0.4) is 0 Å². The molecule has 0 saturated carbocycles. The van der Waals surface area contributed by atoms with Gasteiger partial charge in [-0.1, -0.05) is 40.2 Å². The highest BCUT2D eigenvalue weighted by Gasteiger charge is 2.14. The summed E-state index contributed by atoms with van der Waals surface area (Å²) in [6.45, 7) is 0. The highest BCUT2D eigenvalue weighted by molar-refractivity contribution is 9.10. The number of aromatic nitrogens is 2. The standard InChI is InChI=1S/C17H11BrF2N2O/c18-13-5-2-1-4-12(13)16(23)10-11-8-9-22(21-11)15-7-3-6-14(19)17(15)20/h1-9H,10H2. The number of nitrogens with zero attached hydrogens (tertiary/aromatic N) is 2. The molecule has 1 heterocycles. The van der Waals surface area contributed by atoms with Gasteiger partial charge in [0.1, 0.15) is 5.69 Å². The number of rotatable bonds is 4. The Morgan fingerprint density at radius 3 is 2.65 bits per heavy atom. The van der Waals surface area contributed by atoms with Gasteiger partial charge in [0.25, 0.3) is 0 Å². The predicted molar refractivity (Wildman–Crippen MR) is 85.7 cm³/mol. The Hall–Kier alpha value is -2.34. The van der Waals surface area contributed by atoms with Gasteiger partial charge in [0.2, 0.25) is 0 Å². The minimum absolute atomic E-state index is 0.00425. The maximum Gasteiger partial charge on any atom is 0.184 e. The van der Waals surface area contributed by atoms with Crippen LogP contribution < -0.4 is 0 Å². The molecule has 0 atom stereocenters. The third kappa shape index (κ3) is 3.22. The van der Waals surface area contributed by atoms with E-state index in [9.17, 15) is 13.6 Å². The normalized spacial score (nSPS) is 10.7. The van der Waals surface area contributed by atoms with Gasteiger partial charge in [0, 0.05) is 16.2 Å². The topological polar surface area (TPSA) is 34.9 Å². The zero-order valence-corrected chi connectivity index (χ0v) is 13.4. The molecule has 3 rings (SSSR count). The van der Waals surface area contributed by atoms with Crippen LogP contribution in [0.5, 0.6) is 0 Å². The van der Waals surface area contributed by atoms with E-state index >= 15 is 0 Å². The number of benzene rings is 2. The number of carbonyl (C=O) groups is 1. The molecule has 0 amide bonds. The van der Waals surface area contributed by atoms with Gasteiger partial charge < -0.3 is 0 Å². The maximum atomic E-state index is 13.8. The second-order valence-electron chi connectivity index (χ2n) is 4.90. The fourth-order valence-electron chi connectivity index (χ4n) is 2.21. The Bertz CT molecular complexity index is 877. The van der Waals surface area contributed by atoms with Crippen LogP contribution in [0.1, 0.15) is 16.1 Å². The van der Waals surface area contributed by atoms with Crippen LogP contribution in [0.2, 0.25) is 0 Å². The molecule has 2 aromatic carbocycles. The summed E-state index contributed by atoms with van der Waals surface area (Å²) in [4.78, 5) is 12.3. The molecule has 0 spiro atoms. The molecule has 6 heteroatoms. The Morgan fingerprint density at radius 1 is 1.09 bits per heavy atom. The Labute approximate surface area is 139 Å². The first-order valence-electron chi connectivity index (χ1n) is 6.83. The van der Waals surface area contributed by atoms with E-state index < -0.39 is 11.6 Å². The van der Waals surface area contributed by atoms with E-state index in [0.29, 0.717) is 15.7 Å². The maximum absolute atomic E-state index is 13.8. The van der Waals surface area contributed by atoms with Gasteiger partial charge in [-0.3, -0.25) is 4.79 Å². The van der Waals surface area contributed by atoms with Gasteiger partial charge in [-0.2, -0.15) is 5.10 Å². The van der Waals surface area contributed by atoms with Gasteiger partial charge >= 0.3 is 0 Å². The van der Waals surface area contributed by atoms with Gasteiger partial charge in [-0.05, 0) is 24.3 Å². The fourth-order valence-corrected chi connectivity index (χ4v) is 2.71. The lowest BCUT2D eigenvalue weighted by atomic mass is 10.1. The second kappa shape index (κ2) is 6.42. The van der Waals surface area contributed by atoms with Crippen LogP contribution in [0, 0.1) is 11.6 Å². The molecule has 0 radical (unpaired) electrons. The van der Waals surface area contributed by atoms with Crippen molar-refractivity contribution in [1.82, 2.24) is 9.78 Å². The minimum Gasteiger partial charge on any atom is -0.294 e. The molecular weight excluding hydrogens is 366 g/mol. The van der Waals surface area contributed by atoms with Crippen molar-refractivity contribution in [3.63, 3.8) is 0 Å². The van der Waals surface area contributed by atoms with E-state index in [4.69, 9.17) is 0 Å². The smallest absolute Gasteiger partial charge is 0.184 e. The number of Topliss-reactive ketones (excluding diaryl/α,β-unsaturated/α-hetero) is 1. The first kappa shape index (κ1) is 15.6. The predicted octanol–water partition coefficient (Wildman–Crippen LogP) is 4.34. The van der Waals surface area contributed by atoms with Gasteiger partial charge in [0.05, 0.1) is 12.1 Å². The van der Waals surface area contributed by atoms with E-state index in [0.717, 1.165) is 6.07 Å². The van der Waals surface area contributed by atoms with Crippen molar-refractivity contribution in [2.24, 2.45) is 0 Å². The van der Waals surface area contributed by atoms with Crippen LogP contribution in [0.4, 0.5) is 8.78 Å². The van der Waals surface area contributed by atoms with Crippen LogP contribution in [0.15, 0.2) is 59.2 Å². The summed E-state index contributed by atoms with van der Waals surface area (Å²) in [5, 5.41) is 4.15. The first-order valence-corrected chi connectivity index (χ1v) is 7.62. The van der Waals surface area contributed by atoms with Gasteiger partial charge in [-0.25, -0.2) is 13.5 Å². The number of carbonyl (C=O) groups excluding carboxylic acids is 1. The molecule has 0 unspecified atom stereocenters. The number of hydrogen-bond donors (Lipinski definition) is 0. The molecule has 23 heavy (non-hydrogen) atoms. The quantitative estimate of drug-likeness (QED) is 0.634. The number of ketones is 1. The molecule has 0 aliphatic rings. The van der Waals surface area contributed by atoms with Gasteiger partial charge in [0.15, 0.2) is 17.4 Å². The summed E-state index contributed by atoms with van der Waals surface area (Å²) in [5.41, 5.74) is 1.04. The van der Waals surface area contributed by atoms with E-state index in [-0.39, 0.29) is 17.9 Å². The van der Waals surface area contributed by atoms with Crippen molar-refractivity contribution in [2.75, 3.05) is 0 Å². The van der Waals surface area contributed by atoms with E-state index in [1.807, 2.05) is 6.07 Å². The SMILES string of the molecule is O=C(Cc1ccn(-c2cccc(F)c2F)n1)c1ccccc1Br. The summed E-state index contributed by atoms with van der Waals surface area (Å²) in [5.74, 6) is -2.02. The lowest BCUT2D eigenvalue weighted by molar-refractivity contribution is 0.0991. The van der Waals surface area contributed by atoms with Crippen molar-refractivity contribution in [1.29, 1.82) is 0 Å². The summed E-state index contributed by atoms with van der Waals surface area (Å²) in [6.07, 6.45) is 1.58. The average molecular weight is 377 g/mol. The molecule has 0 aliphatic carbocycles. The molecular formula is C17H11BrF2N2O. The molecule has 0 fully saturated rings. The molecule has 3 aromatic rings. The molecule has 3 nitrogen and oxygen atoms in total. The van der Waals surface area contributed by atoms with E-state index in [2.05, 4.69) is 21.0 Å². The van der Waals surface area contributed by atoms with Crippen molar-refractivity contribution < 1.29 is 13.6 Å². The van der Waals surface area contributed by atoms with Crippen molar-refractivity contribution in [2.45, 2.75) is 6.42 Å². The summed E-state index contributed by atoms with van der Waals surface area (Å²) < 4.78 is 29.0.